The van der Waals surface area contributed by atoms with Crippen LogP contribution in [0.1, 0.15) is 5.69 Å². The van der Waals surface area contributed by atoms with Crippen molar-refractivity contribution in [3.05, 3.63) is 21.9 Å². The molecule has 0 saturated carbocycles. The molecule has 0 aliphatic rings. The average Bonchev–Trinajstić information content (AvgIpc) is 2.31. The normalized spacial score (nSPS) is 11.5. The van der Waals surface area contributed by atoms with Crippen LogP contribution in [0, 0.1) is 10.1 Å². The fourth-order valence-electron chi connectivity index (χ4n) is 0.696. The second-order valence-electron chi connectivity index (χ2n) is 2.18. The first-order chi connectivity index (χ1) is 5.88. The largest absolute Gasteiger partial charge is 0.358 e. The monoisotopic (exact) mass is 209 g/mol. The summed E-state index contributed by atoms with van der Waals surface area (Å²) < 4.78 is 32.2. The molecule has 0 saturated heterocycles. The van der Waals surface area contributed by atoms with Crippen molar-refractivity contribution in [2.24, 2.45) is 0 Å². The molecule has 13 heavy (non-hydrogen) atoms. The minimum absolute atomic E-state index is 0.228. The number of nitro groups is 1. The second kappa shape index (κ2) is 3.09. The third-order valence-corrected chi connectivity index (χ3v) is 1.77. The van der Waals surface area contributed by atoms with E-state index in [1.807, 2.05) is 5.10 Å². The lowest BCUT2D eigenvalue weighted by atomic mass is 10.5. The zero-order valence-electron chi connectivity index (χ0n) is 6.10. The number of halogens is 1. The Labute approximate surface area is 71.9 Å². The lowest BCUT2D eigenvalue weighted by Crippen LogP contribution is -1.96. The number of H-pyrrole nitrogens is 1. The van der Waals surface area contributed by atoms with E-state index in [9.17, 15) is 22.4 Å². The number of rotatable bonds is 3. The van der Waals surface area contributed by atoms with Gasteiger partial charge in [0, 0.05) is 0 Å². The van der Waals surface area contributed by atoms with Crippen molar-refractivity contribution in [1.82, 2.24) is 10.2 Å². The van der Waals surface area contributed by atoms with E-state index in [1.165, 1.54) is 0 Å². The number of aromatic amines is 1. The maximum Gasteiger partial charge on any atom is 0.342 e. The average molecular weight is 209 g/mol. The van der Waals surface area contributed by atoms with Crippen LogP contribution in [0.25, 0.3) is 0 Å². The Balaban J connectivity index is 2.87. The molecule has 72 valence electrons. The molecule has 1 rings (SSSR count). The summed E-state index contributed by atoms with van der Waals surface area (Å²) in [5.41, 5.74) is -0.228. The standard InChI is InChI=1S/C4H4FN3O4S/c5-13(11,12)2-3-1-4(7-6-3)8(9)10/h1H,2H2,(H,6,7). The second-order valence-corrected chi connectivity index (χ2v) is 3.55. The van der Waals surface area contributed by atoms with Gasteiger partial charge >= 0.3 is 16.0 Å². The predicted octanol–water partition coefficient (Wildman–Crippen LogP) is 0.117. The van der Waals surface area contributed by atoms with E-state index in [-0.39, 0.29) is 5.69 Å². The summed E-state index contributed by atoms with van der Waals surface area (Å²) in [6.45, 7) is 0. The lowest BCUT2D eigenvalue weighted by molar-refractivity contribution is -0.389. The van der Waals surface area contributed by atoms with Crippen molar-refractivity contribution in [3.8, 4) is 0 Å². The number of nitrogens with one attached hydrogen (secondary N) is 1. The Bertz CT molecular complexity index is 424. The lowest BCUT2D eigenvalue weighted by Gasteiger charge is -1.85. The Morgan fingerprint density at radius 3 is 2.69 bits per heavy atom. The van der Waals surface area contributed by atoms with Crippen molar-refractivity contribution in [1.29, 1.82) is 0 Å². The van der Waals surface area contributed by atoms with Gasteiger partial charge in [0.05, 0.1) is 6.07 Å². The summed E-state index contributed by atoms with van der Waals surface area (Å²) >= 11 is 0. The summed E-state index contributed by atoms with van der Waals surface area (Å²) in [5, 5.41) is 15.3. The van der Waals surface area contributed by atoms with Gasteiger partial charge in [-0.15, -0.1) is 8.98 Å². The zero-order valence-corrected chi connectivity index (χ0v) is 6.91. The molecule has 0 radical (unpaired) electrons. The summed E-state index contributed by atoms with van der Waals surface area (Å²) in [7, 11) is -4.69. The molecular weight excluding hydrogens is 205 g/mol. The molecule has 0 aliphatic carbocycles. The van der Waals surface area contributed by atoms with Crippen LogP contribution in [0.3, 0.4) is 0 Å². The van der Waals surface area contributed by atoms with Gasteiger partial charge in [-0.05, 0) is 4.92 Å². The minimum atomic E-state index is -4.69. The Morgan fingerprint density at radius 2 is 2.31 bits per heavy atom. The van der Waals surface area contributed by atoms with Crippen LogP contribution in [0.15, 0.2) is 6.07 Å². The first-order valence-corrected chi connectivity index (χ1v) is 4.55. The molecule has 0 aromatic carbocycles. The van der Waals surface area contributed by atoms with Gasteiger partial charge < -0.3 is 10.1 Å². The molecule has 1 heterocycles. The van der Waals surface area contributed by atoms with Gasteiger partial charge in [-0.25, -0.2) is 0 Å². The SMILES string of the molecule is O=[N+]([O-])c1cc(CS(=O)(=O)F)n[nH]1. The van der Waals surface area contributed by atoms with Crippen molar-refractivity contribution in [2.45, 2.75) is 5.75 Å². The van der Waals surface area contributed by atoms with Crippen LogP contribution in [0.2, 0.25) is 0 Å². The highest BCUT2D eigenvalue weighted by Gasteiger charge is 2.16. The molecule has 0 amide bonds. The quantitative estimate of drug-likeness (QED) is 0.432. The predicted molar refractivity (Wildman–Crippen MR) is 39.0 cm³/mol. The molecule has 1 aromatic rings. The van der Waals surface area contributed by atoms with E-state index in [0.717, 1.165) is 6.07 Å². The first kappa shape index (κ1) is 9.58. The van der Waals surface area contributed by atoms with Crippen LogP contribution >= 0.6 is 0 Å². The molecular formula is C4H4FN3O4S. The van der Waals surface area contributed by atoms with Crippen molar-refractivity contribution in [2.75, 3.05) is 0 Å². The topological polar surface area (TPSA) is 106 Å². The zero-order chi connectivity index (χ0) is 10.1. The van der Waals surface area contributed by atoms with Gasteiger partial charge in [0.1, 0.15) is 11.4 Å². The smallest absolute Gasteiger partial charge is 0.342 e. The summed E-state index contributed by atoms with van der Waals surface area (Å²) in [5.74, 6) is -1.43. The number of hydrogen-bond acceptors (Lipinski definition) is 5. The summed E-state index contributed by atoms with van der Waals surface area (Å²) in [6.07, 6.45) is 0. The molecule has 0 unspecified atom stereocenters. The molecule has 1 aromatic heterocycles. The highest BCUT2D eigenvalue weighted by atomic mass is 32.3. The van der Waals surface area contributed by atoms with E-state index in [2.05, 4.69) is 5.10 Å². The highest BCUT2D eigenvalue weighted by molar-refractivity contribution is 7.85. The summed E-state index contributed by atoms with van der Waals surface area (Å²) in [4.78, 5) is 9.28. The summed E-state index contributed by atoms with van der Waals surface area (Å²) in [6, 6.07) is 0.858. The third kappa shape index (κ3) is 2.78. The fourth-order valence-corrected chi connectivity index (χ4v) is 1.20. The van der Waals surface area contributed by atoms with E-state index in [0.29, 0.717) is 0 Å². The van der Waals surface area contributed by atoms with E-state index in [4.69, 9.17) is 0 Å². The molecule has 0 fully saturated rings. The van der Waals surface area contributed by atoms with Gasteiger partial charge in [-0.3, -0.25) is 0 Å². The maximum absolute atomic E-state index is 12.0. The van der Waals surface area contributed by atoms with Crippen molar-refractivity contribution < 1.29 is 17.2 Å². The van der Waals surface area contributed by atoms with Crippen molar-refractivity contribution in [3.63, 3.8) is 0 Å². The molecule has 7 nitrogen and oxygen atoms in total. The third-order valence-electron chi connectivity index (χ3n) is 1.13. The number of hydrogen-bond donors (Lipinski definition) is 1. The Kier molecular flexibility index (Phi) is 2.28. The van der Waals surface area contributed by atoms with Crippen molar-refractivity contribution >= 4 is 16.0 Å². The van der Waals surface area contributed by atoms with Gasteiger partial charge in [-0.1, -0.05) is 5.10 Å². The molecule has 0 atom stereocenters. The van der Waals surface area contributed by atoms with Crippen LogP contribution in [-0.4, -0.2) is 23.5 Å². The Morgan fingerprint density at radius 1 is 1.69 bits per heavy atom. The van der Waals surface area contributed by atoms with Crippen LogP contribution < -0.4 is 0 Å². The highest BCUT2D eigenvalue weighted by Crippen LogP contribution is 2.11. The molecule has 0 aliphatic heterocycles. The maximum atomic E-state index is 12.0. The molecule has 1 N–H and O–H groups in total. The number of nitrogens with zero attached hydrogens (tertiary/aromatic N) is 2. The fraction of sp³-hybridized carbons (Fsp3) is 0.250. The van der Waals surface area contributed by atoms with Crippen LogP contribution in [0.4, 0.5) is 9.70 Å². The molecule has 9 heteroatoms. The van der Waals surface area contributed by atoms with Crippen LogP contribution in [-0.2, 0) is 16.0 Å². The molecule has 0 bridgehead atoms. The van der Waals surface area contributed by atoms with E-state index < -0.39 is 26.7 Å². The first-order valence-electron chi connectivity index (χ1n) is 2.99. The van der Waals surface area contributed by atoms with Gasteiger partial charge in [-0.2, -0.15) is 8.42 Å². The molecule has 0 spiro atoms. The Hall–Kier alpha value is -1.51. The number of aromatic nitrogens is 2. The van der Waals surface area contributed by atoms with Gasteiger partial charge in [0.15, 0.2) is 0 Å². The van der Waals surface area contributed by atoms with Crippen LogP contribution in [0.5, 0.6) is 0 Å². The van der Waals surface area contributed by atoms with Gasteiger partial charge in [0.25, 0.3) is 0 Å². The van der Waals surface area contributed by atoms with Gasteiger partial charge in [0.2, 0.25) is 0 Å². The van der Waals surface area contributed by atoms with E-state index >= 15 is 0 Å². The van der Waals surface area contributed by atoms with E-state index in [1.54, 1.807) is 0 Å². The minimum Gasteiger partial charge on any atom is -0.358 e.